The lowest BCUT2D eigenvalue weighted by atomic mass is 9.73. The molecule has 0 aliphatic rings. The number of carbonyl (C=O) groups excluding carboxylic acids is 2. The van der Waals surface area contributed by atoms with Gasteiger partial charge in [-0.25, -0.2) is 4.98 Å². The van der Waals surface area contributed by atoms with Crippen LogP contribution in [0.1, 0.15) is 82.1 Å². The molecule has 1 amide bonds. The molecule has 1 heterocycles. The van der Waals surface area contributed by atoms with Gasteiger partial charge in [0.2, 0.25) is 5.91 Å². The van der Waals surface area contributed by atoms with Crippen molar-refractivity contribution in [3.05, 3.63) is 82.9 Å². The van der Waals surface area contributed by atoms with Crippen molar-refractivity contribution >= 4 is 45.1 Å². The number of amides is 1. The lowest BCUT2D eigenvalue weighted by Gasteiger charge is -2.37. The molecule has 3 aromatic carbocycles. The molecule has 0 bridgehead atoms. The zero-order valence-electron chi connectivity index (χ0n) is 30.2. The first-order valence-electron chi connectivity index (χ1n) is 16.7. The number of aromatic nitrogens is 1. The van der Waals surface area contributed by atoms with Crippen LogP contribution in [-0.2, 0) is 9.59 Å². The van der Waals surface area contributed by atoms with Crippen LogP contribution >= 0.6 is 0 Å². The lowest BCUT2D eigenvalue weighted by Crippen LogP contribution is -2.45. The second-order valence-electron chi connectivity index (χ2n) is 15.1. The van der Waals surface area contributed by atoms with Crippen molar-refractivity contribution in [3.63, 3.8) is 0 Å². The third-order valence-corrected chi connectivity index (χ3v) is 8.33. The standard InChI is InChI=1S/C37H46N4O5.C2H6/c1-34(2,23-38-31-27-13-9-11-15-29(27)40-30-16-12-10-14-28(30)31)21-36(5,6)32(42)39-24-35(3,4)22-37(7,8)33(43)46-26-19-17-25(18-20-26)41(44)45;1-2/h9-20H,21-24H2,1-8H3,(H,38,40)(H,39,42);1-2H3. The molecule has 0 unspecified atom stereocenters. The number of carbonyl (C=O) groups is 2. The number of benzene rings is 3. The van der Waals surface area contributed by atoms with Gasteiger partial charge < -0.3 is 15.4 Å². The van der Waals surface area contributed by atoms with Crippen molar-refractivity contribution in [1.82, 2.24) is 10.3 Å². The largest absolute Gasteiger partial charge is 0.426 e. The molecule has 0 saturated heterocycles. The Bertz CT molecular complexity index is 1690. The van der Waals surface area contributed by atoms with Crippen LogP contribution in [0.5, 0.6) is 5.75 Å². The van der Waals surface area contributed by atoms with Crippen LogP contribution in [0.4, 0.5) is 11.4 Å². The minimum absolute atomic E-state index is 0.0419. The molecule has 258 valence electrons. The molecule has 9 heteroatoms. The monoisotopic (exact) mass is 656 g/mol. The predicted octanol–water partition coefficient (Wildman–Crippen LogP) is 9.34. The smallest absolute Gasteiger partial charge is 0.316 e. The van der Waals surface area contributed by atoms with E-state index in [1.807, 2.05) is 77.9 Å². The van der Waals surface area contributed by atoms with E-state index in [1.165, 1.54) is 24.3 Å². The van der Waals surface area contributed by atoms with Gasteiger partial charge in [-0.3, -0.25) is 19.7 Å². The van der Waals surface area contributed by atoms with Crippen molar-refractivity contribution in [2.75, 3.05) is 18.4 Å². The Morgan fingerprint density at radius 2 is 1.21 bits per heavy atom. The molecular formula is C39H52N4O5. The molecule has 9 nitrogen and oxygen atoms in total. The van der Waals surface area contributed by atoms with Gasteiger partial charge in [-0.05, 0) is 61.8 Å². The van der Waals surface area contributed by atoms with E-state index in [0.717, 1.165) is 27.5 Å². The number of para-hydroxylation sites is 2. The molecule has 0 fully saturated rings. The van der Waals surface area contributed by atoms with Gasteiger partial charge in [0.1, 0.15) is 5.75 Å². The third-order valence-electron chi connectivity index (χ3n) is 8.33. The van der Waals surface area contributed by atoms with E-state index < -0.39 is 27.1 Å². The van der Waals surface area contributed by atoms with Crippen LogP contribution in [0, 0.1) is 31.8 Å². The van der Waals surface area contributed by atoms with Crippen LogP contribution < -0.4 is 15.4 Å². The molecular weight excluding hydrogens is 604 g/mol. The van der Waals surface area contributed by atoms with Crippen LogP contribution in [0.2, 0.25) is 0 Å². The minimum Gasteiger partial charge on any atom is -0.426 e. The summed E-state index contributed by atoms with van der Waals surface area (Å²) in [7, 11) is 0. The summed E-state index contributed by atoms with van der Waals surface area (Å²) in [5.74, 6) is -0.233. The Morgan fingerprint density at radius 3 is 1.73 bits per heavy atom. The van der Waals surface area contributed by atoms with E-state index in [0.29, 0.717) is 25.9 Å². The van der Waals surface area contributed by atoms with Crippen LogP contribution in [0.3, 0.4) is 0 Å². The van der Waals surface area contributed by atoms with Crippen LogP contribution in [0.15, 0.2) is 72.8 Å². The number of pyridine rings is 1. The maximum absolute atomic E-state index is 13.5. The van der Waals surface area contributed by atoms with Crippen molar-refractivity contribution < 1.29 is 19.2 Å². The molecule has 48 heavy (non-hydrogen) atoms. The highest BCUT2D eigenvalue weighted by molar-refractivity contribution is 6.07. The average Bonchev–Trinajstić information content (AvgIpc) is 3.02. The van der Waals surface area contributed by atoms with Crippen molar-refractivity contribution in [1.29, 1.82) is 0 Å². The van der Waals surface area contributed by atoms with E-state index in [4.69, 9.17) is 9.72 Å². The highest BCUT2D eigenvalue weighted by Gasteiger charge is 2.39. The van der Waals surface area contributed by atoms with E-state index in [9.17, 15) is 19.7 Å². The maximum atomic E-state index is 13.5. The first-order valence-corrected chi connectivity index (χ1v) is 16.7. The quantitative estimate of drug-likeness (QED) is 0.0483. The molecule has 2 N–H and O–H groups in total. The Labute approximate surface area is 285 Å². The Hall–Kier alpha value is -4.53. The fourth-order valence-corrected chi connectivity index (χ4v) is 6.47. The number of nitrogens with one attached hydrogen (secondary N) is 2. The van der Waals surface area contributed by atoms with Crippen molar-refractivity contribution in [3.8, 4) is 5.75 Å². The van der Waals surface area contributed by atoms with Gasteiger partial charge in [0.05, 0.1) is 27.1 Å². The number of non-ortho nitro benzene ring substituents is 1. The summed E-state index contributed by atoms with van der Waals surface area (Å²) in [6.07, 6.45) is 1.10. The summed E-state index contributed by atoms with van der Waals surface area (Å²) < 4.78 is 5.54. The van der Waals surface area contributed by atoms with E-state index in [2.05, 4.69) is 36.6 Å². The van der Waals surface area contributed by atoms with Gasteiger partial charge in [0.25, 0.3) is 5.69 Å². The predicted molar refractivity (Wildman–Crippen MR) is 195 cm³/mol. The molecule has 0 saturated carbocycles. The van der Waals surface area contributed by atoms with Gasteiger partial charge in [-0.1, -0.05) is 91.8 Å². The second-order valence-corrected chi connectivity index (χ2v) is 15.1. The van der Waals surface area contributed by atoms with E-state index in [-0.39, 0.29) is 22.8 Å². The number of nitro groups is 1. The maximum Gasteiger partial charge on any atom is 0.316 e. The van der Waals surface area contributed by atoms with E-state index in [1.54, 1.807) is 13.8 Å². The number of hydrogen-bond donors (Lipinski definition) is 2. The molecule has 0 atom stereocenters. The topological polar surface area (TPSA) is 123 Å². The highest BCUT2D eigenvalue weighted by atomic mass is 16.6. The number of ether oxygens (including phenoxy) is 1. The van der Waals surface area contributed by atoms with Crippen molar-refractivity contribution in [2.45, 2.75) is 82.1 Å². The first kappa shape index (κ1) is 37.9. The van der Waals surface area contributed by atoms with Gasteiger partial charge >= 0.3 is 5.97 Å². The zero-order chi connectivity index (χ0) is 35.9. The van der Waals surface area contributed by atoms with Gasteiger partial charge in [-0.2, -0.15) is 0 Å². The minimum atomic E-state index is -0.861. The van der Waals surface area contributed by atoms with Gasteiger partial charge in [0, 0.05) is 41.4 Å². The van der Waals surface area contributed by atoms with Gasteiger partial charge in [-0.15, -0.1) is 0 Å². The normalized spacial score (nSPS) is 12.2. The Morgan fingerprint density at radius 1 is 0.729 bits per heavy atom. The summed E-state index contributed by atoms with van der Waals surface area (Å²) in [6.45, 7) is 21.0. The number of fused-ring (bicyclic) bond motifs is 2. The van der Waals surface area contributed by atoms with E-state index >= 15 is 0 Å². The van der Waals surface area contributed by atoms with Crippen molar-refractivity contribution in [2.24, 2.45) is 21.7 Å². The molecule has 0 radical (unpaired) electrons. The SMILES string of the molecule is CC.CC(C)(CNc1c2ccccc2nc2ccccc12)CC(C)(C)C(=O)NCC(C)(C)CC(C)(C)C(=O)Oc1ccc([N+](=O)[O-])cc1. The lowest BCUT2D eigenvalue weighted by molar-refractivity contribution is -0.384. The summed E-state index contributed by atoms with van der Waals surface area (Å²) in [5.41, 5.74) is 0.713. The second kappa shape index (κ2) is 15.1. The molecule has 1 aromatic heterocycles. The molecule has 4 rings (SSSR count). The average molecular weight is 657 g/mol. The number of nitrogens with zero attached hydrogens (tertiary/aromatic N) is 2. The Kier molecular flexibility index (Phi) is 12.0. The number of rotatable bonds is 13. The zero-order valence-corrected chi connectivity index (χ0v) is 30.2. The first-order chi connectivity index (χ1) is 22.4. The molecule has 0 aliphatic carbocycles. The summed E-state index contributed by atoms with van der Waals surface area (Å²) in [5, 5.41) is 19.9. The molecule has 0 spiro atoms. The fourth-order valence-electron chi connectivity index (χ4n) is 6.47. The van der Waals surface area contributed by atoms with Crippen LogP contribution in [-0.4, -0.2) is 34.9 Å². The number of anilines is 1. The summed E-state index contributed by atoms with van der Waals surface area (Å²) >= 11 is 0. The fraction of sp³-hybridized carbons (Fsp3) is 0.462. The highest BCUT2D eigenvalue weighted by Crippen LogP contribution is 2.38. The summed E-state index contributed by atoms with van der Waals surface area (Å²) in [4.78, 5) is 41.8. The Balaban J connectivity index is 0.00000307. The number of nitro benzene ring substituents is 1. The number of esters is 1. The summed E-state index contributed by atoms with van der Waals surface area (Å²) in [6, 6.07) is 21.7. The van der Waals surface area contributed by atoms with Gasteiger partial charge in [0.15, 0.2) is 0 Å². The third kappa shape index (κ3) is 9.75. The molecule has 4 aromatic rings. The van der Waals surface area contributed by atoms with Crippen LogP contribution in [0.25, 0.3) is 21.8 Å². The number of hydrogen-bond acceptors (Lipinski definition) is 7. The molecule has 0 aliphatic heterocycles.